The number of aromatic nitrogens is 2. The summed E-state index contributed by atoms with van der Waals surface area (Å²) in [6.45, 7) is 5.20. The Morgan fingerprint density at radius 3 is 2.79 bits per heavy atom. The SMILES string of the molecule is CC1=CN(N2CCCC2)CN1c1noc(C2CC2)n1. The Kier molecular flexibility index (Phi) is 2.51. The Balaban J connectivity index is 1.50. The number of hydrogen-bond donors (Lipinski definition) is 0. The van der Waals surface area contributed by atoms with Crippen LogP contribution in [0.2, 0.25) is 0 Å². The molecule has 0 atom stereocenters. The molecule has 1 saturated heterocycles. The molecule has 1 aromatic heterocycles. The van der Waals surface area contributed by atoms with Gasteiger partial charge in [-0.2, -0.15) is 4.98 Å². The molecule has 4 rings (SSSR count). The van der Waals surface area contributed by atoms with Gasteiger partial charge in [-0.25, -0.2) is 5.01 Å². The first kappa shape index (κ1) is 11.3. The zero-order valence-corrected chi connectivity index (χ0v) is 11.2. The number of nitrogens with zero attached hydrogens (tertiary/aromatic N) is 5. The summed E-state index contributed by atoms with van der Waals surface area (Å²) in [6.07, 6.45) is 7.14. The number of hydrogen-bond acceptors (Lipinski definition) is 6. The molecule has 0 spiro atoms. The van der Waals surface area contributed by atoms with Crippen LogP contribution in [0.3, 0.4) is 0 Å². The van der Waals surface area contributed by atoms with Gasteiger partial charge in [-0.15, -0.1) is 0 Å². The van der Waals surface area contributed by atoms with E-state index in [9.17, 15) is 0 Å². The van der Waals surface area contributed by atoms with Crippen molar-refractivity contribution in [3.63, 3.8) is 0 Å². The number of hydrazine groups is 1. The van der Waals surface area contributed by atoms with Gasteiger partial charge < -0.3 is 4.52 Å². The summed E-state index contributed by atoms with van der Waals surface area (Å²) in [5, 5.41) is 8.79. The number of anilines is 1. The van der Waals surface area contributed by atoms with Crippen LogP contribution in [0.4, 0.5) is 5.95 Å². The summed E-state index contributed by atoms with van der Waals surface area (Å²) in [5.41, 5.74) is 1.18. The highest BCUT2D eigenvalue weighted by molar-refractivity contribution is 5.40. The molecule has 0 radical (unpaired) electrons. The minimum absolute atomic E-state index is 0.517. The Bertz CT molecular complexity index is 501. The molecule has 1 saturated carbocycles. The van der Waals surface area contributed by atoms with E-state index in [2.05, 4.69) is 38.2 Å². The van der Waals surface area contributed by atoms with Crippen molar-refractivity contribution < 1.29 is 4.52 Å². The third-order valence-corrected chi connectivity index (χ3v) is 4.09. The lowest BCUT2D eigenvalue weighted by atomic mass is 10.4. The second-order valence-corrected chi connectivity index (χ2v) is 5.65. The number of rotatable bonds is 3. The molecule has 3 heterocycles. The predicted molar refractivity (Wildman–Crippen MR) is 70.0 cm³/mol. The third kappa shape index (κ3) is 2.00. The summed E-state index contributed by atoms with van der Waals surface area (Å²) in [7, 11) is 0. The monoisotopic (exact) mass is 261 g/mol. The van der Waals surface area contributed by atoms with Crippen LogP contribution in [0.25, 0.3) is 0 Å². The molecule has 1 aromatic rings. The summed E-state index contributed by atoms with van der Waals surface area (Å²) in [6, 6.07) is 0. The van der Waals surface area contributed by atoms with Crippen molar-refractivity contribution in [2.75, 3.05) is 24.7 Å². The van der Waals surface area contributed by atoms with Crippen molar-refractivity contribution in [1.82, 2.24) is 20.2 Å². The van der Waals surface area contributed by atoms with Crippen molar-refractivity contribution in [1.29, 1.82) is 0 Å². The van der Waals surface area contributed by atoms with Gasteiger partial charge in [0.1, 0.15) is 6.67 Å². The van der Waals surface area contributed by atoms with Gasteiger partial charge in [0.05, 0.1) is 0 Å². The summed E-state index contributed by atoms with van der Waals surface area (Å²) >= 11 is 0. The van der Waals surface area contributed by atoms with E-state index in [0.717, 1.165) is 25.6 Å². The van der Waals surface area contributed by atoms with E-state index in [-0.39, 0.29) is 0 Å². The topological polar surface area (TPSA) is 48.6 Å². The van der Waals surface area contributed by atoms with E-state index in [0.29, 0.717) is 11.9 Å². The van der Waals surface area contributed by atoms with Gasteiger partial charge in [0.15, 0.2) is 0 Å². The van der Waals surface area contributed by atoms with E-state index in [4.69, 9.17) is 4.52 Å². The van der Waals surface area contributed by atoms with Gasteiger partial charge in [0, 0.05) is 30.9 Å². The molecule has 19 heavy (non-hydrogen) atoms. The van der Waals surface area contributed by atoms with Gasteiger partial charge in [-0.05, 0) is 37.8 Å². The first-order valence-corrected chi connectivity index (χ1v) is 7.12. The zero-order chi connectivity index (χ0) is 12.8. The quantitative estimate of drug-likeness (QED) is 0.828. The summed E-state index contributed by atoms with van der Waals surface area (Å²) in [4.78, 5) is 6.65. The fourth-order valence-electron chi connectivity index (χ4n) is 2.76. The highest BCUT2D eigenvalue weighted by Gasteiger charge is 2.32. The first-order valence-electron chi connectivity index (χ1n) is 7.12. The van der Waals surface area contributed by atoms with Crippen molar-refractivity contribution in [3.8, 4) is 0 Å². The lowest BCUT2D eigenvalue weighted by Crippen LogP contribution is -2.39. The predicted octanol–water partition coefficient (Wildman–Crippen LogP) is 1.90. The van der Waals surface area contributed by atoms with Crippen LogP contribution < -0.4 is 4.90 Å². The maximum atomic E-state index is 5.35. The second-order valence-electron chi connectivity index (χ2n) is 5.65. The average Bonchev–Trinajstić information content (AvgIpc) is 2.87. The normalized spacial score (nSPS) is 24.4. The molecular formula is C13H19N5O. The molecule has 0 unspecified atom stereocenters. The summed E-state index contributed by atoms with van der Waals surface area (Å²) < 4.78 is 5.35. The minimum Gasteiger partial charge on any atom is -0.337 e. The fourth-order valence-corrected chi connectivity index (χ4v) is 2.76. The molecule has 6 nitrogen and oxygen atoms in total. The van der Waals surface area contributed by atoms with Crippen LogP contribution in [-0.4, -0.2) is 39.9 Å². The van der Waals surface area contributed by atoms with Crippen LogP contribution in [0.5, 0.6) is 0 Å². The third-order valence-electron chi connectivity index (χ3n) is 4.09. The Labute approximate surface area is 112 Å². The van der Waals surface area contributed by atoms with E-state index < -0.39 is 0 Å². The molecular weight excluding hydrogens is 242 g/mol. The van der Waals surface area contributed by atoms with Crippen molar-refractivity contribution in [3.05, 3.63) is 17.8 Å². The number of allylic oxidation sites excluding steroid dienone is 1. The molecule has 0 amide bonds. The van der Waals surface area contributed by atoms with Gasteiger partial charge in [0.25, 0.3) is 5.95 Å². The van der Waals surface area contributed by atoms with Crippen LogP contribution in [0, 0.1) is 0 Å². The van der Waals surface area contributed by atoms with E-state index >= 15 is 0 Å². The van der Waals surface area contributed by atoms with Crippen LogP contribution in [-0.2, 0) is 0 Å². The first-order chi connectivity index (χ1) is 9.31. The van der Waals surface area contributed by atoms with Crippen molar-refractivity contribution in [2.45, 2.75) is 38.5 Å². The van der Waals surface area contributed by atoms with E-state index in [1.54, 1.807) is 0 Å². The van der Waals surface area contributed by atoms with E-state index in [1.165, 1.54) is 31.4 Å². The molecule has 2 aliphatic heterocycles. The summed E-state index contributed by atoms with van der Waals surface area (Å²) in [5.74, 6) is 2.03. The standard InChI is InChI=1S/C13H19N5O/c1-10-8-17(16-6-2-3-7-16)9-18(10)13-14-12(19-15-13)11-4-5-11/h8,11H,2-7,9H2,1H3. The maximum absolute atomic E-state index is 5.35. The highest BCUT2D eigenvalue weighted by Crippen LogP contribution is 2.39. The molecule has 6 heteroatoms. The Morgan fingerprint density at radius 2 is 2.05 bits per heavy atom. The fraction of sp³-hybridized carbons (Fsp3) is 0.692. The van der Waals surface area contributed by atoms with Crippen LogP contribution in [0.1, 0.15) is 44.4 Å². The maximum Gasteiger partial charge on any atom is 0.271 e. The molecule has 2 fully saturated rings. The lowest BCUT2D eigenvalue weighted by molar-refractivity contribution is 0.0593. The molecule has 0 bridgehead atoms. The van der Waals surface area contributed by atoms with Crippen molar-refractivity contribution >= 4 is 5.95 Å². The van der Waals surface area contributed by atoms with Gasteiger partial charge in [-0.1, -0.05) is 0 Å². The smallest absolute Gasteiger partial charge is 0.271 e. The molecule has 102 valence electrons. The highest BCUT2D eigenvalue weighted by atomic mass is 16.5. The Hall–Kier alpha value is -1.56. The van der Waals surface area contributed by atoms with E-state index in [1.807, 2.05) is 0 Å². The molecule has 3 aliphatic rings. The average molecular weight is 261 g/mol. The minimum atomic E-state index is 0.517. The molecule has 0 aromatic carbocycles. The van der Waals surface area contributed by atoms with Crippen LogP contribution >= 0.6 is 0 Å². The van der Waals surface area contributed by atoms with Gasteiger partial charge in [0.2, 0.25) is 5.89 Å². The van der Waals surface area contributed by atoms with Crippen molar-refractivity contribution in [2.24, 2.45) is 0 Å². The molecule has 0 N–H and O–H groups in total. The Morgan fingerprint density at radius 1 is 1.26 bits per heavy atom. The van der Waals surface area contributed by atoms with Gasteiger partial charge >= 0.3 is 0 Å². The van der Waals surface area contributed by atoms with Gasteiger partial charge in [-0.3, -0.25) is 9.91 Å². The molecule has 1 aliphatic carbocycles. The largest absolute Gasteiger partial charge is 0.337 e. The second kappa shape index (κ2) is 4.23. The van der Waals surface area contributed by atoms with Crippen LogP contribution in [0.15, 0.2) is 16.4 Å². The zero-order valence-electron chi connectivity index (χ0n) is 11.2. The lowest BCUT2D eigenvalue weighted by Gasteiger charge is -2.28.